The van der Waals surface area contributed by atoms with E-state index < -0.39 is 0 Å². The Morgan fingerprint density at radius 2 is 1.72 bits per heavy atom. The number of nitrogens with two attached hydrogens (primary N) is 1. The maximum absolute atomic E-state index is 6.02. The van der Waals surface area contributed by atoms with Gasteiger partial charge in [-0.05, 0) is 53.6 Å². The number of rotatable bonds is 3. The fraction of sp³-hybridized carbons (Fsp3) is 0.294. The van der Waals surface area contributed by atoms with E-state index in [1.807, 2.05) is 12.1 Å². The predicted octanol–water partition coefficient (Wildman–Crippen LogP) is 4.37. The minimum Gasteiger partial charge on any atom is -0.398 e. The highest BCUT2D eigenvalue weighted by Crippen LogP contribution is 2.31. The van der Waals surface area contributed by atoms with Crippen LogP contribution in [0.15, 0.2) is 36.4 Å². The molecule has 18 heavy (non-hydrogen) atoms. The summed E-state index contributed by atoms with van der Waals surface area (Å²) in [5.74, 6) is 0. The lowest BCUT2D eigenvalue weighted by molar-refractivity contribution is 1.10. The topological polar surface area (TPSA) is 26.0 Å². The monoisotopic (exact) mass is 239 g/mol. The van der Waals surface area contributed by atoms with Gasteiger partial charge in [-0.15, -0.1) is 0 Å². The van der Waals surface area contributed by atoms with Gasteiger partial charge in [0, 0.05) is 5.69 Å². The molecule has 0 spiro atoms. The fourth-order valence-electron chi connectivity index (χ4n) is 2.35. The lowest BCUT2D eigenvalue weighted by Crippen LogP contribution is -1.96. The van der Waals surface area contributed by atoms with Crippen molar-refractivity contribution in [2.24, 2.45) is 0 Å². The van der Waals surface area contributed by atoms with E-state index in [0.29, 0.717) is 0 Å². The summed E-state index contributed by atoms with van der Waals surface area (Å²) in [6.45, 7) is 6.49. The SMILES string of the molecule is CCc1ccc(CC)c(-c2cccc(N)c2C)c1. The van der Waals surface area contributed by atoms with Gasteiger partial charge in [0.25, 0.3) is 0 Å². The second-order valence-electron chi connectivity index (χ2n) is 4.72. The molecule has 0 fully saturated rings. The van der Waals surface area contributed by atoms with Gasteiger partial charge in [-0.25, -0.2) is 0 Å². The zero-order chi connectivity index (χ0) is 13.1. The molecule has 2 aromatic rings. The van der Waals surface area contributed by atoms with Gasteiger partial charge in [0.05, 0.1) is 0 Å². The van der Waals surface area contributed by atoms with Gasteiger partial charge in [0.15, 0.2) is 0 Å². The second-order valence-corrected chi connectivity index (χ2v) is 4.72. The van der Waals surface area contributed by atoms with Crippen LogP contribution >= 0.6 is 0 Å². The van der Waals surface area contributed by atoms with Crippen molar-refractivity contribution in [3.8, 4) is 11.1 Å². The molecular formula is C17H21N. The van der Waals surface area contributed by atoms with E-state index in [-0.39, 0.29) is 0 Å². The number of hydrogen-bond donors (Lipinski definition) is 1. The fourth-order valence-corrected chi connectivity index (χ4v) is 2.35. The van der Waals surface area contributed by atoms with E-state index >= 15 is 0 Å². The first-order chi connectivity index (χ1) is 8.67. The van der Waals surface area contributed by atoms with Crippen molar-refractivity contribution in [3.05, 3.63) is 53.1 Å². The van der Waals surface area contributed by atoms with Crippen molar-refractivity contribution in [3.63, 3.8) is 0 Å². The number of anilines is 1. The largest absolute Gasteiger partial charge is 0.398 e. The standard InChI is InChI=1S/C17H21N/c1-4-13-9-10-14(5-2)16(11-13)15-7-6-8-17(18)12(15)3/h6-11H,4-5,18H2,1-3H3. The third-order valence-corrected chi connectivity index (χ3v) is 3.63. The molecule has 0 bridgehead atoms. The molecule has 0 saturated heterocycles. The van der Waals surface area contributed by atoms with Crippen LogP contribution in [0.2, 0.25) is 0 Å². The van der Waals surface area contributed by atoms with E-state index in [4.69, 9.17) is 5.73 Å². The summed E-state index contributed by atoms with van der Waals surface area (Å²) >= 11 is 0. The Morgan fingerprint density at radius 3 is 2.39 bits per heavy atom. The first-order valence-electron chi connectivity index (χ1n) is 6.64. The van der Waals surface area contributed by atoms with Crippen molar-refractivity contribution < 1.29 is 0 Å². The normalized spacial score (nSPS) is 10.6. The van der Waals surface area contributed by atoms with Gasteiger partial charge in [0.1, 0.15) is 0 Å². The Labute approximate surface area is 110 Å². The highest BCUT2D eigenvalue weighted by Gasteiger charge is 2.08. The molecule has 1 nitrogen and oxygen atoms in total. The third-order valence-electron chi connectivity index (χ3n) is 3.63. The van der Waals surface area contributed by atoms with Crippen LogP contribution in [-0.2, 0) is 12.8 Å². The van der Waals surface area contributed by atoms with Crippen LogP contribution in [-0.4, -0.2) is 0 Å². The van der Waals surface area contributed by atoms with Crippen LogP contribution in [0.4, 0.5) is 5.69 Å². The first-order valence-corrected chi connectivity index (χ1v) is 6.64. The van der Waals surface area contributed by atoms with E-state index in [2.05, 4.69) is 45.0 Å². The minimum absolute atomic E-state index is 0.872. The van der Waals surface area contributed by atoms with Gasteiger partial charge in [-0.3, -0.25) is 0 Å². The van der Waals surface area contributed by atoms with Gasteiger partial charge in [0.2, 0.25) is 0 Å². The Balaban J connectivity index is 2.64. The van der Waals surface area contributed by atoms with Crippen LogP contribution in [0, 0.1) is 6.92 Å². The van der Waals surface area contributed by atoms with Gasteiger partial charge in [-0.1, -0.05) is 44.2 Å². The maximum Gasteiger partial charge on any atom is 0.0349 e. The van der Waals surface area contributed by atoms with Crippen LogP contribution in [0.25, 0.3) is 11.1 Å². The number of aryl methyl sites for hydroxylation is 2. The zero-order valence-electron chi connectivity index (χ0n) is 11.5. The smallest absolute Gasteiger partial charge is 0.0349 e. The summed E-state index contributed by atoms with van der Waals surface area (Å²) in [5, 5.41) is 0. The quantitative estimate of drug-likeness (QED) is 0.791. The van der Waals surface area contributed by atoms with Crippen LogP contribution < -0.4 is 5.73 Å². The van der Waals surface area contributed by atoms with Crippen LogP contribution in [0.1, 0.15) is 30.5 Å². The predicted molar refractivity (Wildman–Crippen MR) is 79.8 cm³/mol. The van der Waals surface area contributed by atoms with Crippen LogP contribution in [0.3, 0.4) is 0 Å². The Hall–Kier alpha value is -1.76. The lowest BCUT2D eigenvalue weighted by Gasteiger charge is -2.14. The average molecular weight is 239 g/mol. The van der Waals surface area contributed by atoms with Crippen molar-refractivity contribution in [2.45, 2.75) is 33.6 Å². The zero-order valence-corrected chi connectivity index (χ0v) is 11.5. The Kier molecular flexibility index (Phi) is 3.71. The molecule has 0 aliphatic carbocycles. The molecule has 0 radical (unpaired) electrons. The molecule has 0 atom stereocenters. The summed E-state index contributed by atoms with van der Waals surface area (Å²) in [4.78, 5) is 0. The highest BCUT2D eigenvalue weighted by atomic mass is 14.6. The van der Waals surface area contributed by atoms with Crippen molar-refractivity contribution in [1.29, 1.82) is 0 Å². The molecule has 1 heteroatoms. The molecule has 2 aromatic carbocycles. The summed E-state index contributed by atoms with van der Waals surface area (Å²) in [6.07, 6.45) is 2.12. The van der Waals surface area contributed by atoms with Gasteiger partial charge in [-0.2, -0.15) is 0 Å². The van der Waals surface area contributed by atoms with E-state index in [1.165, 1.54) is 27.8 Å². The molecule has 0 saturated carbocycles. The summed E-state index contributed by atoms with van der Waals surface area (Å²) in [6, 6.07) is 12.9. The second kappa shape index (κ2) is 5.26. The number of hydrogen-bond acceptors (Lipinski definition) is 1. The molecule has 2 N–H and O–H groups in total. The van der Waals surface area contributed by atoms with Crippen molar-refractivity contribution in [2.75, 3.05) is 5.73 Å². The molecule has 0 heterocycles. The summed E-state index contributed by atoms with van der Waals surface area (Å²) in [7, 11) is 0. The number of benzene rings is 2. The Morgan fingerprint density at radius 1 is 0.944 bits per heavy atom. The molecule has 0 aliphatic heterocycles. The molecule has 2 rings (SSSR count). The lowest BCUT2D eigenvalue weighted by atomic mass is 9.92. The molecule has 0 unspecified atom stereocenters. The Bertz CT molecular complexity index is 556. The number of nitrogen functional groups attached to an aromatic ring is 1. The molecule has 0 aliphatic rings. The average Bonchev–Trinajstić information content (AvgIpc) is 2.41. The highest BCUT2D eigenvalue weighted by molar-refractivity contribution is 5.75. The first kappa shape index (κ1) is 12.7. The summed E-state index contributed by atoms with van der Waals surface area (Å²) in [5.41, 5.74) is 13.4. The van der Waals surface area contributed by atoms with Gasteiger partial charge < -0.3 is 5.73 Å². The van der Waals surface area contributed by atoms with Crippen molar-refractivity contribution >= 4 is 5.69 Å². The van der Waals surface area contributed by atoms with Crippen molar-refractivity contribution in [1.82, 2.24) is 0 Å². The third kappa shape index (κ3) is 2.26. The van der Waals surface area contributed by atoms with Gasteiger partial charge >= 0.3 is 0 Å². The summed E-state index contributed by atoms with van der Waals surface area (Å²) < 4.78 is 0. The molecule has 0 amide bonds. The minimum atomic E-state index is 0.872. The maximum atomic E-state index is 6.02. The molecule has 0 aromatic heterocycles. The van der Waals surface area contributed by atoms with E-state index in [1.54, 1.807) is 0 Å². The van der Waals surface area contributed by atoms with Crippen LogP contribution in [0.5, 0.6) is 0 Å². The molecular weight excluding hydrogens is 218 g/mol. The molecule has 94 valence electrons. The van der Waals surface area contributed by atoms with E-state index in [0.717, 1.165) is 18.5 Å². The van der Waals surface area contributed by atoms with E-state index in [9.17, 15) is 0 Å².